The third-order valence-electron chi connectivity index (χ3n) is 1.87. The van der Waals surface area contributed by atoms with Crippen LogP contribution in [-0.2, 0) is 26.9 Å². The molecule has 1 aromatic heterocycles. The number of hydrogen-bond acceptors (Lipinski definition) is 4. The predicted molar refractivity (Wildman–Crippen MR) is 56.9 cm³/mol. The van der Waals surface area contributed by atoms with Gasteiger partial charge in [-0.25, -0.2) is 26.0 Å². The van der Waals surface area contributed by atoms with Gasteiger partial charge in [0.25, 0.3) is 21.9 Å². The van der Waals surface area contributed by atoms with Crippen molar-refractivity contribution in [1.29, 1.82) is 0 Å². The van der Waals surface area contributed by atoms with Crippen LogP contribution in [0.3, 0.4) is 0 Å². The fourth-order valence-corrected chi connectivity index (χ4v) is 2.24. The summed E-state index contributed by atoms with van der Waals surface area (Å²) in [5.74, 6) is 0. The first kappa shape index (κ1) is 16.2. The lowest BCUT2D eigenvalue weighted by molar-refractivity contribution is 0.00795. The summed E-state index contributed by atoms with van der Waals surface area (Å²) < 4.78 is 75.5. The molecule has 0 amide bonds. The highest BCUT2D eigenvalue weighted by Crippen LogP contribution is 2.20. The zero-order valence-corrected chi connectivity index (χ0v) is 10.8. The molecular weight excluding hydrogens is 316 g/mol. The molecule has 0 aromatic carbocycles. The molecule has 1 rings (SSSR count). The lowest BCUT2D eigenvalue weighted by Crippen LogP contribution is -2.08. The van der Waals surface area contributed by atoms with Crippen LogP contribution < -0.4 is 0 Å². The van der Waals surface area contributed by atoms with Gasteiger partial charge in [0.05, 0.1) is 6.61 Å². The number of rotatable bonds is 7. The molecule has 0 aliphatic heterocycles. The van der Waals surface area contributed by atoms with Crippen LogP contribution in [0.4, 0.5) is 17.6 Å². The van der Waals surface area contributed by atoms with E-state index < -0.39 is 46.6 Å². The Morgan fingerprint density at radius 2 is 1.95 bits per heavy atom. The summed E-state index contributed by atoms with van der Waals surface area (Å²) in [4.78, 5) is -0.538. The maximum atomic E-state index is 12.1. The fraction of sp³-hybridized carbons (Fsp3) is 0.625. The number of aromatic nitrogens is 2. The minimum absolute atomic E-state index is 0.295. The van der Waals surface area contributed by atoms with Crippen molar-refractivity contribution in [3.8, 4) is 0 Å². The average molecular weight is 325 g/mol. The van der Waals surface area contributed by atoms with E-state index in [0.29, 0.717) is 4.68 Å². The normalized spacial score (nSPS) is 12.6. The highest BCUT2D eigenvalue weighted by Gasteiger charge is 2.21. The Kier molecular flexibility index (Phi) is 5.56. The zero-order chi connectivity index (χ0) is 14.6. The van der Waals surface area contributed by atoms with Gasteiger partial charge >= 0.3 is 0 Å². The standard InChI is InChI=1S/C8H9ClF4N2O3S/c9-19(16,17)6-1-15(2-7(10)11)14-5(6)3-18-4-8(12)13/h1,7-8H,2-4H2. The monoisotopic (exact) mass is 324 g/mol. The second-order valence-corrected chi connectivity index (χ2v) is 5.93. The van der Waals surface area contributed by atoms with Crippen LogP contribution in [0.25, 0.3) is 0 Å². The SMILES string of the molecule is O=S(=O)(Cl)c1cn(CC(F)F)nc1COCC(F)F. The van der Waals surface area contributed by atoms with Gasteiger partial charge in [0.2, 0.25) is 0 Å². The van der Waals surface area contributed by atoms with E-state index >= 15 is 0 Å². The molecule has 5 nitrogen and oxygen atoms in total. The lowest BCUT2D eigenvalue weighted by atomic mass is 10.4. The molecule has 19 heavy (non-hydrogen) atoms. The number of nitrogens with zero attached hydrogens (tertiary/aromatic N) is 2. The van der Waals surface area contributed by atoms with Gasteiger partial charge in [0.1, 0.15) is 23.7 Å². The largest absolute Gasteiger partial charge is 0.369 e. The first-order valence-electron chi connectivity index (χ1n) is 4.85. The Morgan fingerprint density at radius 1 is 1.32 bits per heavy atom. The maximum Gasteiger partial charge on any atom is 0.264 e. The van der Waals surface area contributed by atoms with Crippen LogP contribution in [0.5, 0.6) is 0 Å². The van der Waals surface area contributed by atoms with Crippen LogP contribution in [0.2, 0.25) is 0 Å². The number of ether oxygens (including phenoxy) is 1. The van der Waals surface area contributed by atoms with Gasteiger partial charge in [-0.3, -0.25) is 4.68 Å². The molecule has 0 saturated carbocycles. The van der Waals surface area contributed by atoms with E-state index in [2.05, 4.69) is 9.84 Å². The van der Waals surface area contributed by atoms with Crippen LogP contribution in [-0.4, -0.2) is 37.7 Å². The van der Waals surface area contributed by atoms with Crippen LogP contribution in [0.1, 0.15) is 5.69 Å². The van der Waals surface area contributed by atoms with E-state index in [9.17, 15) is 26.0 Å². The molecule has 0 fully saturated rings. The van der Waals surface area contributed by atoms with E-state index in [1.807, 2.05) is 0 Å². The smallest absolute Gasteiger partial charge is 0.264 e. The minimum Gasteiger partial charge on any atom is -0.369 e. The van der Waals surface area contributed by atoms with Gasteiger partial charge in [0.15, 0.2) is 0 Å². The van der Waals surface area contributed by atoms with Crippen molar-refractivity contribution in [2.75, 3.05) is 6.61 Å². The average Bonchev–Trinajstić information content (AvgIpc) is 2.59. The molecule has 11 heteroatoms. The molecule has 110 valence electrons. The molecule has 1 heterocycles. The van der Waals surface area contributed by atoms with E-state index in [0.717, 1.165) is 6.20 Å². The second-order valence-electron chi connectivity index (χ2n) is 3.40. The Labute approximate surface area is 110 Å². The van der Waals surface area contributed by atoms with E-state index in [-0.39, 0.29) is 5.69 Å². The molecule has 0 radical (unpaired) electrons. The van der Waals surface area contributed by atoms with Crippen molar-refractivity contribution in [2.45, 2.75) is 30.9 Å². The highest BCUT2D eigenvalue weighted by molar-refractivity contribution is 8.13. The number of halogens is 5. The van der Waals surface area contributed by atoms with E-state index in [1.54, 1.807) is 0 Å². The Balaban J connectivity index is 2.90. The predicted octanol–water partition coefficient (Wildman–Crippen LogP) is 1.86. The minimum atomic E-state index is -4.22. The van der Waals surface area contributed by atoms with Gasteiger partial charge in [0, 0.05) is 16.9 Å². The Hall–Kier alpha value is -0.870. The number of alkyl halides is 4. The van der Waals surface area contributed by atoms with Gasteiger partial charge < -0.3 is 4.74 Å². The topological polar surface area (TPSA) is 61.2 Å². The fourth-order valence-electron chi connectivity index (χ4n) is 1.23. The van der Waals surface area contributed by atoms with Crippen LogP contribution in [0.15, 0.2) is 11.1 Å². The number of hydrogen-bond donors (Lipinski definition) is 0. The lowest BCUT2D eigenvalue weighted by Gasteiger charge is -2.02. The van der Waals surface area contributed by atoms with Gasteiger partial charge in [-0.2, -0.15) is 5.10 Å². The summed E-state index contributed by atoms with van der Waals surface area (Å²) in [5, 5.41) is 3.52. The van der Waals surface area contributed by atoms with Crippen molar-refractivity contribution in [2.24, 2.45) is 0 Å². The van der Waals surface area contributed by atoms with Gasteiger partial charge in [-0.1, -0.05) is 0 Å². The maximum absolute atomic E-state index is 12.1. The van der Waals surface area contributed by atoms with Gasteiger partial charge in [-0.15, -0.1) is 0 Å². The van der Waals surface area contributed by atoms with E-state index in [4.69, 9.17) is 10.7 Å². The van der Waals surface area contributed by atoms with E-state index in [1.165, 1.54) is 0 Å². The molecule has 0 bridgehead atoms. The molecule has 0 saturated heterocycles. The first-order valence-corrected chi connectivity index (χ1v) is 7.16. The van der Waals surface area contributed by atoms with Crippen molar-refractivity contribution < 1.29 is 30.7 Å². The molecule has 0 unspecified atom stereocenters. The summed E-state index contributed by atoms with van der Waals surface area (Å²) in [6.45, 7) is -2.33. The molecule has 0 aliphatic carbocycles. The summed E-state index contributed by atoms with van der Waals surface area (Å²) >= 11 is 0. The van der Waals surface area contributed by atoms with Gasteiger partial charge in [-0.05, 0) is 0 Å². The van der Waals surface area contributed by atoms with Crippen molar-refractivity contribution in [3.05, 3.63) is 11.9 Å². The quantitative estimate of drug-likeness (QED) is 0.567. The zero-order valence-electron chi connectivity index (χ0n) is 9.27. The van der Waals surface area contributed by atoms with Crippen LogP contribution in [0, 0.1) is 0 Å². The van der Waals surface area contributed by atoms with Crippen molar-refractivity contribution >= 4 is 19.7 Å². The molecule has 0 spiro atoms. The molecule has 0 aliphatic rings. The molecule has 0 N–H and O–H groups in total. The summed E-state index contributed by atoms with van der Waals surface area (Å²) in [6.07, 6.45) is -4.69. The summed E-state index contributed by atoms with van der Waals surface area (Å²) in [7, 11) is 0.860. The van der Waals surface area contributed by atoms with Crippen molar-refractivity contribution in [1.82, 2.24) is 9.78 Å². The molecule has 0 atom stereocenters. The Bertz CT molecular complexity index is 520. The summed E-state index contributed by atoms with van der Waals surface area (Å²) in [5.41, 5.74) is -0.295. The summed E-state index contributed by atoms with van der Waals surface area (Å²) in [6, 6.07) is 0. The van der Waals surface area contributed by atoms with Crippen LogP contribution >= 0.6 is 10.7 Å². The first-order chi connectivity index (χ1) is 8.70. The molecular formula is C8H9ClF4N2O3S. The van der Waals surface area contributed by atoms with Crippen molar-refractivity contribution in [3.63, 3.8) is 0 Å². The third-order valence-corrected chi connectivity index (χ3v) is 3.24. The third kappa shape index (κ3) is 5.33. The second kappa shape index (κ2) is 6.53. The highest BCUT2D eigenvalue weighted by atomic mass is 35.7. The molecule has 1 aromatic rings. The Morgan fingerprint density at radius 3 is 2.42 bits per heavy atom.